The number of fused-ring (bicyclic) bond motifs is 1. The molecule has 7 nitrogen and oxygen atoms in total. The summed E-state index contributed by atoms with van der Waals surface area (Å²) in [5, 5.41) is 22.2. The Balaban J connectivity index is 1.72. The molecule has 0 unspecified atom stereocenters. The minimum Gasteiger partial charge on any atom is -0.322 e. The molecule has 150 valence electrons. The van der Waals surface area contributed by atoms with Crippen molar-refractivity contribution in [1.82, 2.24) is 19.6 Å². The van der Waals surface area contributed by atoms with Crippen LogP contribution in [0.4, 0.5) is 5.69 Å². The second-order valence-corrected chi connectivity index (χ2v) is 7.59. The lowest BCUT2D eigenvalue weighted by Crippen LogP contribution is -2.16. The lowest BCUT2D eigenvalue weighted by Gasteiger charge is -2.14. The Labute approximate surface area is 174 Å². The highest BCUT2D eigenvalue weighted by Crippen LogP contribution is 2.26. The Bertz CT molecular complexity index is 1310. The Morgan fingerprint density at radius 2 is 2.03 bits per heavy atom. The zero-order chi connectivity index (χ0) is 21.4. The van der Waals surface area contributed by atoms with Crippen LogP contribution in [0.2, 0.25) is 0 Å². The van der Waals surface area contributed by atoms with Crippen molar-refractivity contribution in [3.63, 3.8) is 0 Å². The van der Waals surface area contributed by atoms with Crippen molar-refractivity contribution in [3.05, 3.63) is 71.2 Å². The fourth-order valence-corrected chi connectivity index (χ4v) is 3.76. The third-order valence-corrected chi connectivity index (χ3v) is 5.09. The molecule has 0 aliphatic rings. The minimum atomic E-state index is -0.237. The van der Waals surface area contributed by atoms with Crippen LogP contribution >= 0.6 is 0 Å². The van der Waals surface area contributed by atoms with Crippen molar-refractivity contribution in [1.29, 1.82) is 5.26 Å². The van der Waals surface area contributed by atoms with Gasteiger partial charge in [-0.2, -0.15) is 15.5 Å². The number of aryl methyl sites for hydroxylation is 2. The van der Waals surface area contributed by atoms with E-state index in [1.165, 1.54) is 0 Å². The number of amides is 1. The first-order chi connectivity index (χ1) is 14.4. The molecule has 0 saturated carbocycles. The van der Waals surface area contributed by atoms with Crippen LogP contribution in [0, 0.1) is 18.3 Å². The number of aromatic nitrogens is 4. The van der Waals surface area contributed by atoms with E-state index >= 15 is 0 Å². The lowest BCUT2D eigenvalue weighted by molar-refractivity contribution is 0.102. The third kappa shape index (κ3) is 3.33. The maximum Gasteiger partial charge on any atom is 0.255 e. The number of hydrogen-bond acceptors (Lipinski definition) is 4. The lowest BCUT2D eigenvalue weighted by atomic mass is 9.92. The Morgan fingerprint density at radius 1 is 1.23 bits per heavy atom. The van der Waals surface area contributed by atoms with Crippen LogP contribution in [0.5, 0.6) is 0 Å². The van der Waals surface area contributed by atoms with Gasteiger partial charge >= 0.3 is 0 Å². The largest absolute Gasteiger partial charge is 0.322 e. The molecule has 1 N–H and O–H groups in total. The maximum atomic E-state index is 13.0. The number of carbonyl (C=O) groups is 1. The van der Waals surface area contributed by atoms with Gasteiger partial charge in [-0.05, 0) is 48.7 Å². The average molecular weight is 398 g/mol. The second-order valence-electron chi connectivity index (χ2n) is 7.59. The topological polar surface area (TPSA) is 88.5 Å². The van der Waals surface area contributed by atoms with Crippen LogP contribution in [-0.2, 0) is 7.05 Å². The van der Waals surface area contributed by atoms with Crippen molar-refractivity contribution < 1.29 is 4.79 Å². The van der Waals surface area contributed by atoms with Crippen LogP contribution in [0.15, 0.2) is 48.8 Å². The van der Waals surface area contributed by atoms with Crippen molar-refractivity contribution in [3.8, 4) is 11.8 Å². The van der Waals surface area contributed by atoms with E-state index in [0.29, 0.717) is 16.8 Å². The summed E-state index contributed by atoms with van der Waals surface area (Å²) in [7, 11) is 1.87. The Morgan fingerprint density at radius 3 is 2.70 bits per heavy atom. The summed E-state index contributed by atoms with van der Waals surface area (Å²) in [5.41, 5.74) is 5.09. The van der Waals surface area contributed by atoms with E-state index in [9.17, 15) is 10.1 Å². The van der Waals surface area contributed by atoms with Gasteiger partial charge in [-0.15, -0.1) is 0 Å². The molecule has 4 aromatic rings. The van der Waals surface area contributed by atoms with Crippen molar-refractivity contribution in [2.45, 2.75) is 26.7 Å². The van der Waals surface area contributed by atoms with Gasteiger partial charge in [0.2, 0.25) is 0 Å². The molecule has 30 heavy (non-hydrogen) atoms. The zero-order valence-corrected chi connectivity index (χ0v) is 17.3. The van der Waals surface area contributed by atoms with Crippen molar-refractivity contribution in [2.75, 3.05) is 5.32 Å². The minimum absolute atomic E-state index is 0.0547. The van der Waals surface area contributed by atoms with Crippen LogP contribution in [0.3, 0.4) is 0 Å². The van der Waals surface area contributed by atoms with E-state index in [1.807, 2.05) is 56.9 Å². The molecule has 0 fully saturated rings. The molecule has 0 radical (unpaired) electrons. The van der Waals surface area contributed by atoms with E-state index in [2.05, 4.69) is 21.6 Å². The third-order valence-electron chi connectivity index (χ3n) is 5.09. The molecule has 0 spiro atoms. The molecule has 0 aliphatic heterocycles. The molecule has 0 aliphatic carbocycles. The normalized spacial score (nSPS) is 11.1. The van der Waals surface area contributed by atoms with Crippen LogP contribution in [-0.4, -0.2) is 25.5 Å². The predicted molar refractivity (Wildman–Crippen MR) is 116 cm³/mol. The predicted octanol–water partition coefficient (Wildman–Crippen LogP) is 4.31. The zero-order valence-electron chi connectivity index (χ0n) is 17.3. The van der Waals surface area contributed by atoms with Gasteiger partial charge in [0.1, 0.15) is 5.69 Å². The van der Waals surface area contributed by atoms with Crippen molar-refractivity contribution >= 4 is 22.5 Å². The van der Waals surface area contributed by atoms with Crippen LogP contribution < -0.4 is 5.32 Å². The molecule has 0 bridgehead atoms. The maximum absolute atomic E-state index is 13.0. The highest BCUT2D eigenvalue weighted by molar-refractivity contribution is 6.06. The number of rotatable bonds is 4. The van der Waals surface area contributed by atoms with Gasteiger partial charge in [0.25, 0.3) is 5.91 Å². The van der Waals surface area contributed by atoms with E-state index in [-0.39, 0.29) is 11.8 Å². The average Bonchev–Trinajstić information content (AvgIpc) is 3.28. The van der Waals surface area contributed by atoms with E-state index in [4.69, 9.17) is 0 Å². The number of nitriles is 1. The fraction of sp³-hybridized carbons (Fsp3) is 0.217. The van der Waals surface area contributed by atoms with E-state index in [0.717, 1.165) is 27.8 Å². The number of anilines is 1. The smallest absolute Gasteiger partial charge is 0.255 e. The quantitative estimate of drug-likeness (QED) is 0.555. The van der Waals surface area contributed by atoms with Gasteiger partial charge in [-0.25, -0.2) is 4.68 Å². The molecule has 1 amide bonds. The summed E-state index contributed by atoms with van der Waals surface area (Å²) >= 11 is 0. The molecule has 4 rings (SSSR count). The van der Waals surface area contributed by atoms with Crippen molar-refractivity contribution in [2.24, 2.45) is 7.05 Å². The molecule has 7 heteroatoms. The number of hydrogen-bond donors (Lipinski definition) is 1. The number of nitrogens with one attached hydrogen (secondary N) is 1. The summed E-state index contributed by atoms with van der Waals surface area (Å²) in [6, 6.07) is 13.1. The number of benzene rings is 2. The Kier molecular flexibility index (Phi) is 4.84. The highest BCUT2D eigenvalue weighted by atomic mass is 16.1. The first kappa shape index (κ1) is 19.4. The molecule has 2 aromatic heterocycles. The Hall–Kier alpha value is -3.92. The highest BCUT2D eigenvalue weighted by Gasteiger charge is 2.18. The van der Waals surface area contributed by atoms with Gasteiger partial charge < -0.3 is 5.32 Å². The van der Waals surface area contributed by atoms with Gasteiger partial charge in [-0.1, -0.05) is 19.9 Å². The fourth-order valence-electron chi connectivity index (χ4n) is 3.76. The first-order valence-electron chi connectivity index (χ1n) is 9.71. The molecule has 2 heterocycles. The summed E-state index contributed by atoms with van der Waals surface area (Å²) in [6.07, 6.45) is 3.70. The molecule has 0 saturated heterocycles. The molecular weight excluding hydrogens is 376 g/mol. The number of carbonyl (C=O) groups excluding carboxylic acids is 1. The first-order valence-corrected chi connectivity index (χ1v) is 9.71. The SMILES string of the molecule is Cc1nn(C)cc1-n1ncc2ccc(NC(=O)c3cccc(C#N)c3C(C)C)cc21. The summed E-state index contributed by atoms with van der Waals surface area (Å²) in [6.45, 7) is 5.89. The van der Waals surface area contributed by atoms with Crippen LogP contribution in [0.1, 0.15) is 46.9 Å². The summed E-state index contributed by atoms with van der Waals surface area (Å²) in [5.74, 6) is -0.183. The number of nitrogens with zero attached hydrogens (tertiary/aromatic N) is 5. The summed E-state index contributed by atoms with van der Waals surface area (Å²) < 4.78 is 3.57. The molecular formula is C23H22N6O. The van der Waals surface area contributed by atoms with Crippen LogP contribution in [0.25, 0.3) is 16.6 Å². The van der Waals surface area contributed by atoms with E-state index in [1.54, 1.807) is 29.1 Å². The second kappa shape index (κ2) is 7.48. The van der Waals surface area contributed by atoms with Gasteiger partial charge in [0.05, 0.1) is 35.2 Å². The molecule has 0 atom stereocenters. The monoisotopic (exact) mass is 398 g/mol. The van der Waals surface area contributed by atoms with Gasteiger partial charge in [0.15, 0.2) is 0 Å². The standard InChI is InChI=1S/C23H22N6O/c1-14(2)22-16(11-24)6-5-7-19(22)23(30)26-18-9-8-17-12-25-29(20(17)10-18)21-13-28(4)27-15(21)3/h5-10,12-14H,1-4H3,(H,26,30). The summed E-state index contributed by atoms with van der Waals surface area (Å²) in [4.78, 5) is 13.0. The van der Waals surface area contributed by atoms with Gasteiger partial charge in [0, 0.05) is 23.7 Å². The molecule has 2 aromatic carbocycles. The van der Waals surface area contributed by atoms with Gasteiger partial charge in [-0.3, -0.25) is 9.48 Å². The van der Waals surface area contributed by atoms with E-state index < -0.39 is 0 Å².